The number of fused-ring (bicyclic) bond motifs is 1. The second-order valence-corrected chi connectivity index (χ2v) is 5.26. The smallest absolute Gasteiger partial charge is 0.0512 e. The van der Waals surface area contributed by atoms with Gasteiger partial charge in [-0.15, -0.1) is 0 Å². The Bertz CT molecular complexity index is 562. The quantitative estimate of drug-likeness (QED) is 0.854. The molecule has 0 unspecified atom stereocenters. The number of para-hydroxylation sites is 1. The van der Waals surface area contributed by atoms with Crippen molar-refractivity contribution in [1.82, 2.24) is 9.88 Å². The van der Waals surface area contributed by atoms with Gasteiger partial charge in [0.1, 0.15) is 0 Å². The molecule has 0 bridgehead atoms. The lowest BCUT2D eigenvalue weighted by Gasteiger charge is -2.07. The molecule has 90 valence electrons. The first-order chi connectivity index (χ1) is 8.18. The van der Waals surface area contributed by atoms with Crippen LogP contribution < -0.4 is 5.32 Å². The maximum atomic E-state index is 3.61. The Morgan fingerprint density at radius 3 is 2.71 bits per heavy atom. The van der Waals surface area contributed by atoms with Crippen LogP contribution in [0.15, 0.2) is 18.2 Å². The van der Waals surface area contributed by atoms with E-state index in [0.29, 0.717) is 0 Å². The lowest BCUT2D eigenvalue weighted by atomic mass is 10.1. The minimum Gasteiger partial charge on any atom is -0.346 e. The molecule has 0 atom stereocenters. The van der Waals surface area contributed by atoms with E-state index < -0.39 is 0 Å². The number of benzene rings is 1. The molecule has 2 nitrogen and oxygen atoms in total. The number of hydrogen-bond donors (Lipinski definition) is 1. The van der Waals surface area contributed by atoms with Crippen LogP contribution in [-0.4, -0.2) is 10.6 Å². The molecule has 1 heterocycles. The van der Waals surface area contributed by atoms with Crippen LogP contribution in [0.2, 0.25) is 0 Å². The van der Waals surface area contributed by atoms with Gasteiger partial charge in [0.15, 0.2) is 0 Å². The number of aryl methyl sites for hydroxylation is 3. The third-order valence-electron chi connectivity index (χ3n) is 3.95. The molecule has 0 amide bonds. The zero-order valence-electron chi connectivity index (χ0n) is 10.9. The minimum atomic E-state index is 0.772. The molecule has 3 rings (SSSR count). The summed E-state index contributed by atoms with van der Waals surface area (Å²) in [7, 11) is 2.19. The van der Waals surface area contributed by atoms with Gasteiger partial charge < -0.3 is 9.88 Å². The summed E-state index contributed by atoms with van der Waals surface area (Å²) in [5.41, 5.74) is 5.61. The minimum absolute atomic E-state index is 0.772. The molecule has 1 fully saturated rings. The van der Waals surface area contributed by atoms with Crippen LogP contribution in [0.1, 0.15) is 29.7 Å². The van der Waals surface area contributed by atoms with Crippen LogP contribution in [0.25, 0.3) is 10.9 Å². The van der Waals surface area contributed by atoms with E-state index in [4.69, 9.17) is 0 Å². The molecular weight excluding hydrogens is 208 g/mol. The lowest BCUT2D eigenvalue weighted by molar-refractivity contribution is 0.652. The van der Waals surface area contributed by atoms with Crippen LogP contribution in [0.5, 0.6) is 0 Å². The van der Waals surface area contributed by atoms with Gasteiger partial charge in [-0.25, -0.2) is 0 Å². The fourth-order valence-corrected chi connectivity index (χ4v) is 2.73. The van der Waals surface area contributed by atoms with E-state index in [0.717, 1.165) is 12.6 Å². The molecule has 0 spiro atoms. The summed E-state index contributed by atoms with van der Waals surface area (Å²) >= 11 is 0. The number of hydrogen-bond acceptors (Lipinski definition) is 1. The summed E-state index contributed by atoms with van der Waals surface area (Å²) in [5, 5.41) is 5.02. The highest BCUT2D eigenvalue weighted by atomic mass is 15.0. The first-order valence-electron chi connectivity index (χ1n) is 6.45. The first-order valence-corrected chi connectivity index (χ1v) is 6.45. The summed E-state index contributed by atoms with van der Waals surface area (Å²) in [6, 6.07) is 7.36. The monoisotopic (exact) mass is 228 g/mol. The Morgan fingerprint density at radius 1 is 1.29 bits per heavy atom. The molecule has 17 heavy (non-hydrogen) atoms. The highest BCUT2D eigenvalue weighted by Gasteiger charge is 2.21. The van der Waals surface area contributed by atoms with E-state index in [1.54, 1.807) is 0 Å². The fourth-order valence-electron chi connectivity index (χ4n) is 2.73. The second-order valence-electron chi connectivity index (χ2n) is 5.26. The SMILES string of the molecule is Cc1c(CNC2CC2)n(C)c2c(C)cccc12. The molecule has 0 radical (unpaired) electrons. The van der Waals surface area contributed by atoms with Gasteiger partial charge in [-0.2, -0.15) is 0 Å². The highest BCUT2D eigenvalue weighted by Crippen LogP contribution is 2.28. The summed E-state index contributed by atoms with van der Waals surface area (Å²) in [6.45, 7) is 5.44. The predicted molar refractivity (Wildman–Crippen MR) is 72.3 cm³/mol. The Morgan fingerprint density at radius 2 is 2.06 bits per heavy atom. The Hall–Kier alpha value is -1.28. The van der Waals surface area contributed by atoms with E-state index in [-0.39, 0.29) is 0 Å². The number of aromatic nitrogens is 1. The average molecular weight is 228 g/mol. The fraction of sp³-hybridized carbons (Fsp3) is 0.467. The average Bonchev–Trinajstić information content (AvgIpc) is 3.08. The van der Waals surface area contributed by atoms with Crippen molar-refractivity contribution in [3.63, 3.8) is 0 Å². The molecule has 1 aromatic heterocycles. The first kappa shape index (κ1) is 10.8. The Kier molecular flexibility index (Phi) is 2.48. The number of nitrogens with zero attached hydrogens (tertiary/aromatic N) is 1. The van der Waals surface area contributed by atoms with Crippen molar-refractivity contribution in [2.24, 2.45) is 7.05 Å². The van der Waals surface area contributed by atoms with E-state index in [1.807, 2.05) is 0 Å². The second kappa shape index (κ2) is 3.88. The zero-order chi connectivity index (χ0) is 12.0. The third kappa shape index (κ3) is 1.77. The van der Waals surface area contributed by atoms with Gasteiger partial charge in [0.25, 0.3) is 0 Å². The highest BCUT2D eigenvalue weighted by molar-refractivity contribution is 5.87. The van der Waals surface area contributed by atoms with Crippen LogP contribution in [0.4, 0.5) is 0 Å². The number of rotatable bonds is 3. The summed E-state index contributed by atoms with van der Waals surface area (Å²) in [4.78, 5) is 0. The van der Waals surface area contributed by atoms with Gasteiger partial charge in [-0.3, -0.25) is 0 Å². The van der Waals surface area contributed by atoms with Crippen molar-refractivity contribution in [3.05, 3.63) is 35.0 Å². The van der Waals surface area contributed by atoms with Crippen molar-refractivity contribution < 1.29 is 0 Å². The van der Waals surface area contributed by atoms with Crippen LogP contribution in [0.3, 0.4) is 0 Å². The molecule has 0 saturated heterocycles. The van der Waals surface area contributed by atoms with E-state index in [9.17, 15) is 0 Å². The molecule has 0 aliphatic heterocycles. The van der Waals surface area contributed by atoms with Gasteiger partial charge in [-0.1, -0.05) is 18.2 Å². The standard InChI is InChI=1S/C15H20N2/c1-10-5-4-6-13-11(2)14(17(3)15(10)13)9-16-12-7-8-12/h4-6,12,16H,7-9H2,1-3H3. The topological polar surface area (TPSA) is 17.0 Å². The molecular formula is C15H20N2. The maximum absolute atomic E-state index is 3.61. The molecule has 1 aliphatic rings. The Balaban J connectivity index is 2.07. The summed E-state index contributed by atoms with van der Waals surface area (Å²) < 4.78 is 2.36. The normalized spacial score (nSPS) is 15.7. The van der Waals surface area contributed by atoms with Gasteiger partial charge in [-0.05, 0) is 37.8 Å². The van der Waals surface area contributed by atoms with Crippen molar-refractivity contribution in [2.75, 3.05) is 0 Å². The largest absolute Gasteiger partial charge is 0.346 e. The molecule has 2 aromatic rings. The van der Waals surface area contributed by atoms with E-state index in [2.05, 4.69) is 49.0 Å². The van der Waals surface area contributed by atoms with Crippen molar-refractivity contribution >= 4 is 10.9 Å². The molecule has 1 aliphatic carbocycles. The van der Waals surface area contributed by atoms with Crippen LogP contribution in [0, 0.1) is 13.8 Å². The van der Waals surface area contributed by atoms with Crippen molar-refractivity contribution in [2.45, 2.75) is 39.3 Å². The molecule has 1 saturated carbocycles. The third-order valence-corrected chi connectivity index (χ3v) is 3.95. The van der Waals surface area contributed by atoms with Crippen LogP contribution in [-0.2, 0) is 13.6 Å². The van der Waals surface area contributed by atoms with Crippen LogP contribution >= 0.6 is 0 Å². The zero-order valence-corrected chi connectivity index (χ0v) is 10.9. The van der Waals surface area contributed by atoms with Gasteiger partial charge in [0.05, 0.1) is 5.52 Å². The molecule has 1 N–H and O–H groups in total. The predicted octanol–water partition coefficient (Wildman–Crippen LogP) is 3.05. The van der Waals surface area contributed by atoms with Gasteiger partial charge in [0, 0.05) is 30.7 Å². The summed E-state index contributed by atoms with van der Waals surface area (Å²) in [6.07, 6.45) is 2.70. The van der Waals surface area contributed by atoms with E-state index in [1.165, 1.54) is 40.6 Å². The number of nitrogens with one attached hydrogen (secondary N) is 1. The molecule has 1 aromatic carbocycles. The Labute approximate surface area is 103 Å². The van der Waals surface area contributed by atoms with Gasteiger partial charge >= 0.3 is 0 Å². The molecule has 2 heteroatoms. The van der Waals surface area contributed by atoms with Crippen molar-refractivity contribution in [1.29, 1.82) is 0 Å². The maximum Gasteiger partial charge on any atom is 0.0512 e. The lowest BCUT2D eigenvalue weighted by Crippen LogP contribution is -2.18. The van der Waals surface area contributed by atoms with Crippen molar-refractivity contribution in [3.8, 4) is 0 Å². The van der Waals surface area contributed by atoms with Gasteiger partial charge in [0.2, 0.25) is 0 Å². The van der Waals surface area contributed by atoms with E-state index >= 15 is 0 Å². The summed E-state index contributed by atoms with van der Waals surface area (Å²) in [5.74, 6) is 0.